The first kappa shape index (κ1) is 12.9. The summed E-state index contributed by atoms with van der Waals surface area (Å²) in [5.41, 5.74) is 0.961. The highest BCUT2D eigenvalue weighted by Gasteiger charge is 2.08. The van der Waals surface area contributed by atoms with Crippen molar-refractivity contribution in [3.63, 3.8) is 0 Å². The Balaban J connectivity index is 1.74. The maximum atomic E-state index is 5.97. The molecule has 5 heteroatoms. The third-order valence-electron chi connectivity index (χ3n) is 2.81. The summed E-state index contributed by atoms with van der Waals surface area (Å²) in [7, 11) is 0. The Bertz CT molecular complexity index is 676. The van der Waals surface area contributed by atoms with E-state index in [0.717, 1.165) is 26.8 Å². The number of rotatable bonds is 4. The van der Waals surface area contributed by atoms with Gasteiger partial charge in [-0.15, -0.1) is 11.3 Å². The van der Waals surface area contributed by atoms with Crippen LogP contribution < -0.4 is 5.32 Å². The molecular weight excluding hydrogens is 296 g/mol. The molecule has 0 saturated heterocycles. The minimum Gasteiger partial charge on any atom is -0.359 e. The van der Waals surface area contributed by atoms with Gasteiger partial charge in [-0.2, -0.15) is 0 Å². The minimum absolute atomic E-state index is 0.370. The summed E-state index contributed by atoms with van der Waals surface area (Å²) in [6.07, 6.45) is 1.02. The monoisotopic (exact) mass is 308 g/mol. The molecular formula is C14H13ClN2S2. The lowest BCUT2D eigenvalue weighted by molar-refractivity contribution is 0.799. The summed E-state index contributed by atoms with van der Waals surface area (Å²) in [6, 6.07) is 10.5. The quantitative estimate of drug-likeness (QED) is 0.729. The van der Waals surface area contributed by atoms with Gasteiger partial charge in [-0.05, 0) is 36.6 Å². The number of hydrogen-bond donors (Lipinski definition) is 1. The molecule has 0 aliphatic carbocycles. The summed E-state index contributed by atoms with van der Waals surface area (Å²) in [4.78, 5) is 5.96. The molecule has 2 heterocycles. The Hall–Kier alpha value is -1.10. The first-order chi connectivity index (χ1) is 9.20. The van der Waals surface area contributed by atoms with E-state index >= 15 is 0 Å². The minimum atomic E-state index is 0.370. The van der Waals surface area contributed by atoms with Gasteiger partial charge in [0.1, 0.15) is 0 Å². The second-order valence-electron chi connectivity index (χ2n) is 4.46. The van der Waals surface area contributed by atoms with E-state index in [1.165, 1.54) is 4.88 Å². The summed E-state index contributed by atoms with van der Waals surface area (Å²) in [5.74, 6) is 0. The Kier molecular flexibility index (Phi) is 3.73. The fraction of sp³-hybridized carbons (Fsp3) is 0.214. The van der Waals surface area contributed by atoms with Crippen molar-refractivity contribution in [2.75, 3.05) is 5.32 Å². The van der Waals surface area contributed by atoms with E-state index in [9.17, 15) is 0 Å². The van der Waals surface area contributed by atoms with Crippen LogP contribution in [0.1, 0.15) is 11.8 Å². The van der Waals surface area contributed by atoms with Crippen LogP contribution in [-0.2, 0) is 6.42 Å². The summed E-state index contributed by atoms with van der Waals surface area (Å²) >= 11 is 9.44. The molecule has 1 atom stereocenters. The highest BCUT2D eigenvalue weighted by molar-refractivity contribution is 7.22. The van der Waals surface area contributed by atoms with E-state index in [1.807, 2.05) is 18.2 Å². The third kappa shape index (κ3) is 3.08. The number of thiophene rings is 1. The van der Waals surface area contributed by atoms with Crippen LogP contribution in [0.15, 0.2) is 35.7 Å². The standard InChI is InChI=1S/C14H13ClN2S2/c1-9(7-11-3-2-6-18-11)16-14-17-12-8-10(15)4-5-13(12)19-14/h2-6,8-9H,7H2,1H3,(H,16,17). The van der Waals surface area contributed by atoms with Crippen LogP contribution >= 0.6 is 34.3 Å². The highest BCUT2D eigenvalue weighted by atomic mass is 35.5. The zero-order valence-electron chi connectivity index (χ0n) is 10.4. The second-order valence-corrected chi connectivity index (χ2v) is 6.96. The maximum Gasteiger partial charge on any atom is 0.184 e. The van der Waals surface area contributed by atoms with Gasteiger partial charge in [-0.1, -0.05) is 29.0 Å². The Morgan fingerprint density at radius 3 is 3.05 bits per heavy atom. The Morgan fingerprint density at radius 2 is 2.26 bits per heavy atom. The molecule has 0 aliphatic rings. The number of nitrogens with zero attached hydrogens (tertiary/aromatic N) is 1. The molecule has 0 aliphatic heterocycles. The Morgan fingerprint density at radius 1 is 1.37 bits per heavy atom. The molecule has 3 rings (SSSR count). The molecule has 19 heavy (non-hydrogen) atoms. The predicted octanol–water partition coefficient (Wildman–Crippen LogP) is 5.05. The van der Waals surface area contributed by atoms with Crippen molar-refractivity contribution in [1.29, 1.82) is 0 Å². The average molecular weight is 309 g/mol. The lowest BCUT2D eigenvalue weighted by Crippen LogP contribution is -2.17. The first-order valence-corrected chi connectivity index (χ1v) is 8.13. The normalized spacial score (nSPS) is 12.7. The first-order valence-electron chi connectivity index (χ1n) is 6.06. The van der Waals surface area contributed by atoms with Crippen molar-refractivity contribution < 1.29 is 0 Å². The predicted molar refractivity (Wildman–Crippen MR) is 85.7 cm³/mol. The molecule has 0 fully saturated rings. The van der Waals surface area contributed by atoms with Crippen molar-refractivity contribution in [2.24, 2.45) is 0 Å². The number of fused-ring (bicyclic) bond motifs is 1. The molecule has 98 valence electrons. The molecule has 0 spiro atoms. The molecule has 3 aromatic rings. The fourth-order valence-electron chi connectivity index (χ4n) is 1.95. The molecule has 0 radical (unpaired) electrons. The van der Waals surface area contributed by atoms with Gasteiger partial charge in [0.15, 0.2) is 5.13 Å². The molecule has 0 bridgehead atoms. The van der Waals surface area contributed by atoms with Crippen LogP contribution in [0.2, 0.25) is 5.02 Å². The molecule has 0 amide bonds. The van der Waals surface area contributed by atoms with Gasteiger partial charge >= 0.3 is 0 Å². The van der Waals surface area contributed by atoms with E-state index in [2.05, 4.69) is 34.7 Å². The highest BCUT2D eigenvalue weighted by Crippen LogP contribution is 2.28. The van der Waals surface area contributed by atoms with E-state index in [4.69, 9.17) is 11.6 Å². The fourth-order valence-corrected chi connectivity index (χ4v) is 3.91. The van der Waals surface area contributed by atoms with Crippen LogP contribution in [0.5, 0.6) is 0 Å². The van der Waals surface area contributed by atoms with E-state index in [0.29, 0.717) is 6.04 Å². The van der Waals surface area contributed by atoms with Crippen molar-refractivity contribution >= 4 is 49.6 Å². The van der Waals surface area contributed by atoms with Gasteiger partial charge in [0.2, 0.25) is 0 Å². The smallest absolute Gasteiger partial charge is 0.184 e. The van der Waals surface area contributed by atoms with Gasteiger partial charge in [-0.3, -0.25) is 0 Å². The molecule has 2 aromatic heterocycles. The van der Waals surface area contributed by atoms with Crippen molar-refractivity contribution in [3.05, 3.63) is 45.6 Å². The summed E-state index contributed by atoms with van der Waals surface area (Å²) in [6.45, 7) is 2.18. The van der Waals surface area contributed by atoms with Gasteiger partial charge < -0.3 is 5.32 Å². The van der Waals surface area contributed by atoms with Crippen LogP contribution in [0.3, 0.4) is 0 Å². The number of halogens is 1. The number of benzene rings is 1. The maximum absolute atomic E-state index is 5.97. The molecule has 1 N–H and O–H groups in total. The lowest BCUT2D eigenvalue weighted by atomic mass is 10.2. The number of nitrogens with one attached hydrogen (secondary N) is 1. The van der Waals surface area contributed by atoms with Gasteiger partial charge in [-0.25, -0.2) is 4.98 Å². The van der Waals surface area contributed by atoms with Crippen molar-refractivity contribution in [2.45, 2.75) is 19.4 Å². The number of hydrogen-bond acceptors (Lipinski definition) is 4. The largest absolute Gasteiger partial charge is 0.359 e. The summed E-state index contributed by atoms with van der Waals surface area (Å²) in [5, 5.41) is 7.26. The van der Waals surface area contributed by atoms with Crippen molar-refractivity contribution in [3.8, 4) is 0 Å². The van der Waals surface area contributed by atoms with Gasteiger partial charge in [0, 0.05) is 22.4 Å². The lowest BCUT2D eigenvalue weighted by Gasteiger charge is -2.11. The third-order valence-corrected chi connectivity index (χ3v) is 4.91. The second kappa shape index (κ2) is 5.49. The van der Waals surface area contributed by atoms with Crippen LogP contribution in [0.25, 0.3) is 10.2 Å². The van der Waals surface area contributed by atoms with Crippen LogP contribution in [0.4, 0.5) is 5.13 Å². The molecule has 1 unspecified atom stereocenters. The molecule has 1 aromatic carbocycles. The van der Waals surface area contributed by atoms with Crippen LogP contribution in [-0.4, -0.2) is 11.0 Å². The molecule has 0 saturated carbocycles. The summed E-state index contributed by atoms with van der Waals surface area (Å²) < 4.78 is 1.16. The van der Waals surface area contributed by atoms with Crippen molar-refractivity contribution in [1.82, 2.24) is 4.98 Å². The van der Waals surface area contributed by atoms with Crippen LogP contribution in [0, 0.1) is 0 Å². The zero-order chi connectivity index (χ0) is 13.2. The van der Waals surface area contributed by atoms with E-state index < -0.39 is 0 Å². The SMILES string of the molecule is CC(Cc1cccs1)Nc1nc2cc(Cl)ccc2s1. The molecule has 2 nitrogen and oxygen atoms in total. The van der Waals surface area contributed by atoms with E-state index in [-0.39, 0.29) is 0 Å². The average Bonchev–Trinajstić information content (AvgIpc) is 2.97. The van der Waals surface area contributed by atoms with E-state index in [1.54, 1.807) is 22.7 Å². The number of aromatic nitrogens is 1. The topological polar surface area (TPSA) is 24.9 Å². The van der Waals surface area contributed by atoms with Gasteiger partial charge in [0.25, 0.3) is 0 Å². The zero-order valence-corrected chi connectivity index (χ0v) is 12.8. The Labute approximate surface area is 125 Å². The van der Waals surface area contributed by atoms with Gasteiger partial charge in [0.05, 0.1) is 10.2 Å². The number of anilines is 1. The number of thiazole rings is 1.